The van der Waals surface area contributed by atoms with Crippen molar-refractivity contribution in [3.05, 3.63) is 17.0 Å². The van der Waals surface area contributed by atoms with Crippen molar-refractivity contribution in [2.75, 3.05) is 7.05 Å². The first-order valence-electron chi connectivity index (χ1n) is 3.24. The Balaban J connectivity index is 3.13. The predicted molar refractivity (Wildman–Crippen MR) is 47.5 cm³/mol. The van der Waals surface area contributed by atoms with Gasteiger partial charge in [0.15, 0.2) is 0 Å². The molecule has 0 radical (unpaired) electrons. The van der Waals surface area contributed by atoms with Gasteiger partial charge in [-0.3, -0.25) is 0 Å². The van der Waals surface area contributed by atoms with E-state index in [2.05, 4.69) is 4.72 Å². The third-order valence-electron chi connectivity index (χ3n) is 1.33. The predicted octanol–water partition coefficient (Wildman–Crippen LogP) is 0.354. The number of aromatic carboxylic acids is 1. The van der Waals surface area contributed by atoms with Crippen molar-refractivity contribution in [1.29, 1.82) is 0 Å². The van der Waals surface area contributed by atoms with Crippen LogP contribution in [0.5, 0.6) is 0 Å². The number of rotatable bonds is 3. The van der Waals surface area contributed by atoms with E-state index in [1.807, 2.05) is 0 Å². The molecule has 0 atom stereocenters. The summed E-state index contributed by atoms with van der Waals surface area (Å²) < 4.78 is 24.4. The molecule has 1 aromatic heterocycles. The van der Waals surface area contributed by atoms with Gasteiger partial charge in [-0.15, -0.1) is 11.3 Å². The molecule has 72 valence electrons. The van der Waals surface area contributed by atoms with E-state index in [-0.39, 0.29) is 9.09 Å². The molecule has 5 nitrogen and oxygen atoms in total. The molecule has 13 heavy (non-hydrogen) atoms. The van der Waals surface area contributed by atoms with E-state index in [1.54, 1.807) is 0 Å². The number of hydrogen-bond donors (Lipinski definition) is 2. The highest BCUT2D eigenvalue weighted by Crippen LogP contribution is 2.20. The summed E-state index contributed by atoms with van der Waals surface area (Å²) in [5, 5.41) is 8.53. The maximum Gasteiger partial charge on any atom is 0.345 e. The summed E-state index contributed by atoms with van der Waals surface area (Å²) in [5.74, 6) is -1.12. The second kappa shape index (κ2) is 3.44. The van der Waals surface area contributed by atoms with Gasteiger partial charge in [0.2, 0.25) is 10.0 Å². The van der Waals surface area contributed by atoms with Crippen molar-refractivity contribution in [3.8, 4) is 0 Å². The maximum atomic E-state index is 11.1. The van der Waals surface area contributed by atoms with E-state index in [1.165, 1.54) is 19.2 Å². The topological polar surface area (TPSA) is 83.5 Å². The van der Waals surface area contributed by atoms with Crippen LogP contribution in [0.1, 0.15) is 9.67 Å². The highest BCUT2D eigenvalue weighted by molar-refractivity contribution is 7.91. The smallest absolute Gasteiger partial charge is 0.345 e. The van der Waals surface area contributed by atoms with Crippen LogP contribution in [0.4, 0.5) is 0 Å². The number of thiophene rings is 1. The quantitative estimate of drug-likeness (QED) is 0.771. The van der Waals surface area contributed by atoms with Crippen LogP contribution in [0.2, 0.25) is 0 Å². The molecule has 1 rings (SSSR count). The summed E-state index contributed by atoms with van der Waals surface area (Å²) in [4.78, 5) is 10.4. The number of nitrogens with one attached hydrogen (secondary N) is 1. The first kappa shape index (κ1) is 10.2. The van der Waals surface area contributed by atoms with Crippen molar-refractivity contribution in [1.82, 2.24) is 4.72 Å². The van der Waals surface area contributed by atoms with Gasteiger partial charge in [0.05, 0.1) is 0 Å². The largest absolute Gasteiger partial charge is 0.477 e. The molecule has 0 amide bonds. The molecule has 0 aliphatic carbocycles. The molecule has 0 saturated heterocycles. The van der Waals surface area contributed by atoms with Gasteiger partial charge in [-0.2, -0.15) is 0 Å². The lowest BCUT2D eigenvalue weighted by Gasteiger charge is -1.95. The number of carboxylic acids is 1. The number of carbonyl (C=O) groups is 1. The van der Waals surface area contributed by atoms with Crippen LogP contribution in [-0.4, -0.2) is 26.5 Å². The van der Waals surface area contributed by atoms with Crippen molar-refractivity contribution in [2.24, 2.45) is 0 Å². The fourth-order valence-electron chi connectivity index (χ4n) is 0.680. The third kappa shape index (κ3) is 2.06. The molecule has 0 spiro atoms. The molecule has 0 aliphatic heterocycles. The van der Waals surface area contributed by atoms with E-state index in [9.17, 15) is 13.2 Å². The van der Waals surface area contributed by atoms with Gasteiger partial charge in [-0.1, -0.05) is 0 Å². The van der Waals surface area contributed by atoms with Crippen LogP contribution in [0.25, 0.3) is 0 Å². The molecule has 0 aromatic carbocycles. The molecule has 0 saturated carbocycles. The van der Waals surface area contributed by atoms with Crippen LogP contribution in [0.15, 0.2) is 16.3 Å². The van der Waals surface area contributed by atoms with Crippen LogP contribution < -0.4 is 4.72 Å². The van der Waals surface area contributed by atoms with E-state index in [0.717, 1.165) is 11.3 Å². The summed E-state index contributed by atoms with van der Waals surface area (Å²) in [6, 6.07) is 2.52. The van der Waals surface area contributed by atoms with E-state index < -0.39 is 16.0 Å². The first-order valence-corrected chi connectivity index (χ1v) is 5.54. The molecular formula is C6H7NO4S2. The molecule has 7 heteroatoms. The number of hydrogen-bond acceptors (Lipinski definition) is 4. The Morgan fingerprint density at radius 1 is 1.54 bits per heavy atom. The van der Waals surface area contributed by atoms with Gasteiger partial charge in [0.1, 0.15) is 9.09 Å². The summed E-state index contributed by atoms with van der Waals surface area (Å²) >= 11 is 0.722. The van der Waals surface area contributed by atoms with Gasteiger partial charge >= 0.3 is 5.97 Å². The van der Waals surface area contributed by atoms with E-state index >= 15 is 0 Å². The van der Waals surface area contributed by atoms with Gasteiger partial charge in [0.25, 0.3) is 0 Å². The van der Waals surface area contributed by atoms with Gasteiger partial charge in [0, 0.05) is 0 Å². The van der Waals surface area contributed by atoms with E-state index in [0.29, 0.717) is 0 Å². The Morgan fingerprint density at radius 3 is 2.54 bits per heavy atom. The lowest BCUT2D eigenvalue weighted by atomic mass is 10.5. The fraction of sp³-hybridized carbons (Fsp3) is 0.167. The van der Waals surface area contributed by atoms with Gasteiger partial charge < -0.3 is 5.11 Å². The van der Waals surface area contributed by atoms with Crippen LogP contribution in [0, 0.1) is 0 Å². The second-order valence-corrected chi connectivity index (χ2v) is 5.33. The zero-order chi connectivity index (χ0) is 10.1. The van der Waals surface area contributed by atoms with Crippen LogP contribution in [0.3, 0.4) is 0 Å². The molecule has 2 N–H and O–H groups in total. The minimum absolute atomic E-state index is 0.00685. The maximum absolute atomic E-state index is 11.1. The Bertz CT molecular complexity index is 420. The van der Waals surface area contributed by atoms with Gasteiger partial charge in [-0.25, -0.2) is 17.9 Å². The van der Waals surface area contributed by atoms with Crippen molar-refractivity contribution in [2.45, 2.75) is 4.21 Å². The lowest BCUT2D eigenvalue weighted by Crippen LogP contribution is -2.17. The van der Waals surface area contributed by atoms with E-state index in [4.69, 9.17) is 5.11 Å². The minimum atomic E-state index is -3.51. The van der Waals surface area contributed by atoms with Crippen LogP contribution in [-0.2, 0) is 10.0 Å². The van der Waals surface area contributed by atoms with Gasteiger partial charge in [-0.05, 0) is 19.2 Å². The molecule has 0 aliphatic rings. The highest BCUT2D eigenvalue weighted by atomic mass is 32.2. The Labute approximate surface area is 79.1 Å². The Morgan fingerprint density at radius 2 is 2.15 bits per heavy atom. The zero-order valence-corrected chi connectivity index (χ0v) is 8.28. The molecule has 0 unspecified atom stereocenters. The lowest BCUT2D eigenvalue weighted by molar-refractivity contribution is 0.0702. The molecule has 1 heterocycles. The zero-order valence-electron chi connectivity index (χ0n) is 6.64. The average molecular weight is 221 g/mol. The van der Waals surface area contributed by atoms with Crippen molar-refractivity contribution in [3.63, 3.8) is 0 Å². The summed E-state index contributed by atoms with van der Waals surface area (Å²) in [5.41, 5.74) is 0. The minimum Gasteiger partial charge on any atom is -0.477 e. The Kier molecular flexibility index (Phi) is 2.69. The van der Waals surface area contributed by atoms with Crippen molar-refractivity contribution >= 4 is 27.3 Å². The SMILES string of the molecule is CNS(=O)(=O)c1ccc(C(=O)O)s1. The average Bonchev–Trinajstić information content (AvgIpc) is 2.52. The van der Waals surface area contributed by atoms with Crippen molar-refractivity contribution < 1.29 is 18.3 Å². The standard InChI is InChI=1S/C6H7NO4S2/c1-7-13(10,11)5-3-2-4(12-5)6(8)9/h2-3,7H,1H3,(H,8,9). The highest BCUT2D eigenvalue weighted by Gasteiger charge is 2.16. The summed E-state index contributed by atoms with van der Waals surface area (Å²) in [6.45, 7) is 0. The Hall–Kier alpha value is -0.920. The number of carboxylic acid groups (broad SMARTS) is 1. The molecule has 0 fully saturated rings. The second-order valence-electron chi connectivity index (χ2n) is 2.13. The third-order valence-corrected chi connectivity index (χ3v) is 4.31. The first-order chi connectivity index (χ1) is 5.97. The normalized spacial score (nSPS) is 11.5. The fourth-order valence-corrected chi connectivity index (χ4v) is 2.66. The molecule has 1 aromatic rings. The monoisotopic (exact) mass is 221 g/mol. The molecule has 0 bridgehead atoms. The van der Waals surface area contributed by atoms with Crippen LogP contribution >= 0.6 is 11.3 Å². The summed E-state index contributed by atoms with van der Waals surface area (Å²) in [6.07, 6.45) is 0. The molecular weight excluding hydrogens is 214 g/mol. The summed E-state index contributed by atoms with van der Waals surface area (Å²) in [7, 11) is -2.23. The number of sulfonamides is 1.